The summed E-state index contributed by atoms with van der Waals surface area (Å²) in [7, 11) is 0. The Morgan fingerprint density at radius 1 is 1.26 bits per heavy atom. The lowest BCUT2D eigenvalue weighted by molar-refractivity contribution is 0.247. The zero-order valence-corrected chi connectivity index (χ0v) is 11.4. The fourth-order valence-electron chi connectivity index (χ4n) is 3.84. The highest BCUT2D eigenvalue weighted by Crippen LogP contribution is 2.60. The molecule has 2 unspecified atom stereocenters. The fraction of sp³-hybridized carbons (Fsp3) is 0.625. The van der Waals surface area contributed by atoms with E-state index in [1.54, 1.807) is 12.1 Å². The van der Waals surface area contributed by atoms with E-state index in [4.69, 9.17) is 0 Å². The first-order valence-electron chi connectivity index (χ1n) is 7.27. The van der Waals surface area contributed by atoms with Gasteiger partial charge >= 0.3 is 0 Å². The average molecular weight is 265 g/mol. The van der Waals surface area contributed by atoms with Crippen LogP contribution < -0.4 is 5.32 Å². The van der Waals surface area contributed by atoms with Gasteiger partial charge < -0.3 is 5.32 Å². The minimum atomic E-state index is -0.723. The van der Waals surface area contributed by atoms with Gasteiger partial charge in [0.1, 0.15) is 0 Å². The summed E-state index contributed by atoms with van der Waals surface area (Å²) in [5, 5.41) is 3.41. The maximum atomic E-state index is 13.9. The molecule has 2 saturated carbocycles. The van der Waals surface area contributed by atoms with Crippen LogP contribution in [0.25, 0.3) is 0 Å². The van der Waals surface area contributed by atoms with Crippen LogP contribution in [0.15, 0.2) is 18.2 Å². The van der Waals surface area contributed by atoms with Gasteiger partial charge in [-0.15, -0.1) is 0 Å². The molecule has 0 saturated heterocycles. The van der Waals surface area contributed by atoms with Gasteiger partial charge in [0.05, 0.1) is 0 Å². The number of nitrogens with one attached hydrogen (secondary N) is 1. The van der Waals surface area contributed by atoms with Crippen LogP contribution in [0, 0.1) is 28.9 Å². The molecule has 0 aliphatic heterocycles. The third kappa shape index (κ3) is 2.53. The number of fused-ring (bicyclic) bond motifs is 1. The Labute approximate surface area is 113 Å². The summed E-state index contributed by atoms with van der Waals surface area (Å²) in [5.41, 5.74) is 0.678. The zero-order chi connectivity index (χ0) is 13.5. The molecule has 1 aromatic carbocycles. The van der Waals surface area contributed by atoms with Crippen molar-refractivity contribution < 1.29 is 8.78 Å². The lowest BCUT2D eigenvalue weighted by Crippen LogP contribution is -2.35. The van der Waals surface area contributed by atoms with Gasteiger partial charge in [-0.1, -0.05) is 19.1 Å². The van der Waals surface area contributed by atoms with Crippen molar-refractivity contribution in [1.82, 2.24) is 5.32 Å². The van der Waals surface area contributed by atoms with E-state index in [1.165, 1.54) is 25.3 Å². The van der Waals surface area contributed by atoms with Crippen LogP contribution >= 0.6 is 0 Å². The number of benzene rings is 1. The molecular weight excluding hydrogens is 244 g/mol. The summed E-state index contributed by atoms with van der Waals surface area (Å²) in [6, 6.07) is 4.54. The summed E-state index contributed by atoms with van der Waals surface area (Å²) in [6.45, 7) is 3.95. The number of halogens is 2. The lowest BCUT2D eigenvalue weighted by Gasteiger charge is -2.31. The van der Waals surface area contributed by atoms with Gasteiger partial charge in [-0.2, -0.15) is 0 Å². The highest BCUT2D eigenvalue weighted by atomic mass is 19.2. The first kappa shape index (κ1) is 13.0. The molecule has 2 aliphatic rings. The summed E-state index contributed by atoms with van der Waals surface area (Å²) in [4.78, 5) is 0. The van der Waals surface area contributed by atoms with Gasteiger partial charge in [-0.05, 0) is 61.1 Å². The average Bonchev–Trinajstić information content (AvgIpc) is 3.01. The Morgan fingerprint density at radius 3 is 2.68 bits per heavy atom. The lowest BCUT2D eigenvalue weighted by atomic mass is 9.77. The Hall–Kier alpha value is -0.960. The fourth-order valence-corrected chi connectivity index (χ4v) is 3.84. The Bertz CT molecular complexity index is 462. The standard InChI is InChI=1S/C16H21F2N/c1-2-19-10-16(8-12-6-13(12)9-16)7-11-4-3-5-14(17)15(11)18/h3-5,12-13,19H,2,6-10H2,1H3. The molecule has 19 heavy (non-hydrogen) atoms. The van der Waals surface area contributed by atoms with Crippen molar-refractivity contribution in [3.63, 3.8) is 0 Å². The highest BCUT2D eigenvalue weighted by molar-refractivity contribution is 5.22. The van der Waals surface area contributed by atoms with Crippen molar-refractivity contribution in [3.8, 4) is 0 Å². The first-order valence-corrected chi connectivity index (χ1v) is 7.27. The summed E-state index contributed by atoms with van der Waals surface area (Å²) in [5.74, 6) is 0.309. The van der Waals surface area contributed by atoms with Crippen molar-refractivity contribution in [2.45, 2.75) is 32.6 Å². The summed E-state index contributed by atoms with van der Waals surface area (Å²) in [6.07, 6.45) is 4.34. The van der Waals surface area contributed by atoms with Crippen molar-refractivity contribution in [3.05, 3.63) is 35.4 Å². The Balaban J connectivity index is 1.79. The van der Waals surface area contributed by atoms with E-state index in [9.17, 15) is 8.78 Å². The molecule has 104 valence electrons. The molecule has 3 heteroatoms. The largest absolute Gasteiger partial charge is 0.316 e. The topological polar surface area (TPSA) is 12.0 Å². The molecule has 3 rings (SSSR count). The van der Waals surface area contributed by atoms with Gasteiger partial charge in [0.25, 0.3) is 0 Å². The smallest absolute Gasteiger partial charge is 0.162 e. The van der Waals surface area contributed by atoms with Gasteiger partial charge in [0.15, 0.2) is 11.6 Å². The molecule has 2 fully saturated rings. The quantitative estimate of drug-likeness (QED) is 0.858. The van der Waals surface area contributed by atoms with Gasteiger partial charge in [-0.3, -0.25) is 0 Å². The molecule has 1 aromatic rings. The second-order valence-electron chi connectivity index (χ2n) is 6.33. The molecule has 1 nitrogen and oxygen atoms in total. The molecule has 1 N–H and O–H groups in total. The van der Waals surface area contributed by atoms with E-state index in [0.717, 1.165) is 24.9 Å². The molecule has 0 amide bonds. The van der Waals surface area contributed by atoms with Gasteiger partial charge in [0.2, 0.25) is 0 Å². The highest BCUT2D eigenvalue weighted by Gasteiger charge is 2.53. The van der Waals surface area contributed by atoms with Crippen LogP contribution in [-0.4, -0.2) is 13.1 Å². The number of rotatable bonds is 5. The van der Waals surface area contributed by atoms with Crippen molar-refractivity contribution >= 4 is 0 Å². The molecule has 2 atom stereocenters. The Kier molecular flexibility index (Phi) is 3.34. The van der Waals surface area contributed by atoms with E-state index in [1.807, 2.05) is 0 Å². The second-order valence-corrected chi connectivity index (χ2v) is 6.33. The molecule has 0 heterocycles. The summed E-state index contributed by atoms with van der Waals surface area (Å²) < 4.78 is 27.2. The molecule has 0 radical (unpaired) electrons. The monoisotopic (exact) mass is 265 g/mol. The third-order valence-electron chi connectivity index (χ3n) is 4.81. The van der Waals surface area contributed by atoms with Crippen LogP contribution in [0.3, 0.4) is 0 Å². The molecule has 2 aliphatic carbocycles. The molecule has 0 aromatic heterocycles. The SMILES string of the molecule is CCNCC1(Cc2cccc(F)c2F)CC2CC2C1. The van der Waals surface area contributed by atoms with E-state index in [-0.39, 0.29) is 5.41 Å². The minimum Gasteiger partial charge on any atom is -0.316 e. The van der Waals surface area contributed by atoms with Crippen LogP contribution in [0.2, 0.25) is 0 Å². The third-order valence-corrected chi connectivity index (χ3v) is 4.81. The van der Waals surface area contributed by atoms with Crippen LogP contribution in [0.1, 0.15) is 31.7 Å². The predicted molar refractivity (Wildman–Crippen MR) is 71.9 cm³/mol. The maximum absolute atomic E-state index is 13.9. The van der Waals surface area contributed by atoms with Crippen LogP contribution in [-0.2, 0) is 6.42 Å². The summed E-state index contributed by atoms with van der Waals surface area (Å²) >= 11 is 0. The Morgan fingerprint density at radius 2 is 2.00 bits per heavy atom. The normalized spacial score (nSPS) is 32.4. The van der Waals surface area contributed by atoms with Gasteiger partial charge in [0, 0.05) is 6.54 Å². The van der Waals surface area contributed by atoms with E-state index in [2.05, 4.69) is 12.2 Å². The number of hydrogen-bond acceptors (Lipinski definition) is 1. The minimum absolute atomic E-state index is 0.137. The van der Waals surface area contributed by atoms with E-state index < -0.39 is 11.6 Å². The van der Waals surface area contributed by atoms with Crippen LogP contribution in [0.4, 0.5) is 8.78 Å². The van der Waals surface area contributed by atoms with E-state index >= 15 is 0 Å². The van der Waals surface area contributed by atoms with Gasteiger partial charge in [-0.25, -0.2) is 8.78 Å². The van der Waals surface area contributed by atoms with Crippen molar-refractivity contribution in [2.75, 3.05) is 13.1 Å². The first-order chi connectivity index (χ1) is 9.13. The second kappa shape index (κ2) is 4.86. The van der Waals surface area contributed by atoms with E-state index in [0.29, 0.717) is 12.0 Å². The molecular formula is C16H21F2N. The number of hydrogen-bond donors (Lipinski definition) is 1. The predicted octanol–water partition coefficient (Wildman–Crippen LogP) is 3.53. The van der Waals surface area contributed by atoms with Crippen molar-refractivity contribution in [2.24, 2.45) is 17.3 Å². The maximum Gasteiger partial charge on any atom is 0.162 e. The zero-order valence-electron chi connectivity index (χ0n) is 11.4. The van der Waals surface area contributed by atoms with Crippen LogP contribution in [0.5, 0.6) is 0 Å². The molecule has 0 spiro atoms. The molecule has 0 bridgehead atoms. The van der Waals surface area contributed by atoms with Crippen molar-refractivity contribution in [1.29, 1.82) is 0 Å².